The molecular formula is C17H25N5OS. The van der Waals surface area contributed by atoms with Gasteiger partial charge in [-0.15, -0.1) is 11.8 Å². The topological polar surface area (TPSA) is 62.2 Å². The second-order valence-corrected chi connectivity index (χ2v) is 7.11. The van der Waals surface area contributed by atoms with Crippen LogP contribution < -0.4 is 10.6 Å². The van der Waals surface area contributed by atoms with Gasteiger partial charge in [-0.05, 0) is 45.3 Å². The predicted molar refractivity (Wildman–Crippen MR) is 99.5 cm³/mol. The lowest BCUT2D eigenvalue weighted by molar-refractivity contribution is 0.249. The number of nitrogens with one attached hydrogen (secondary N) is 2. The molecule has 0 aliphatic heterocycles. The highest BCUT2D eigenvalue weighted by Gasteiger charge is 2.11. The van der Waals surface area contributed by atoms with Crippen molar-refractivity contribution in [3.8, 4) is 0 Å². The maximum atomic E-state index is 12.1. The zero-order chi connectivity index (χ0) is 17.5. The number of aryl methyl sites for hydroxylation is 1. The standard InChI is InChI=1S/C17H25N5OS/c1-13(14-11-18-22(4)12-14)19-17(23)20-15-5-7-16(8-6-15)24-10-9-21(2)3/h5-8,11-13H,9-10H2,1-4H3,(H2,19,20,23)/t13-/m0/s1. The van der Waals surface area contributed by atoms with Crippen LogP contribution in [0.2, 0.25) is 0 Å². The summed E-state index contributed by atoms with van der Waals surface area (Å²) in [6.45, 7) is 2.97. The highest BCUT2D eigenvalue weighted by molar-refractivity contribution is 7.99. The van der Waals surface area contributed by atoms with Gasteiger partial charge in [-0.2, -0.15) is 5.10 Å². The van der Waals surface area contributed by atoms with E-state index in [2.05, 4.69) is 34.7 Å². The van der Waals surface area contributed by atoms with Crippen LogP contribution >= 0.6 is 11.8 Å². The van der Waals surface area contributed by atoms with E-state index >= 15 is 0 Å². The summed E-state index contributed by atoms with van der Waals surface area (Å²) in [6.07, 6.45) is 3.65. The van der Waals surface area contributed by atoms with Crippen molar-refractivity contribution in [1.82, 2.24) is 20.0 Å². The Kier molecular flexibility index (Phi) is 6.69. The third-order valence-electron chi connectivity index (χ3n) is 3.49. The Balaban J connectivity index is 1.81. The van der Waals surface area contributed by atoms with Crippen LogP contribution in [0.3, 0.4) is 0 Å². The molecule has 1 heterocycles. The Hall–Kier alpha value is -1.99. The molecule has 2 N–H and O–H groups in total. The lowest BCUT2D eigenvalue weighted by Crippen LogP contribution is -2.30. The molecule has 0 bridgehead atoms. The fourth-order valence-corrected chi connectivity index (χ4v) is 3.11. The van der Waals surface area contributed by atoms with Crippen molar-refractivity contribution in [3.05, 3.63) is 42.2 Å². The van der Waals surface area contributed by atoms with Crippen LogP contribution in [-0.2, 0) is 7.05 Å². The van der Waals surface area contributed by atoms with Gasteiger partial charge in [-0.1, -0.05) is 0 Å². The molecule has 6 nitrogen and oxygen atoms in total. The van der Waals surface area contributed by atoms with Gasteiger partial charge in [0.05, 0.1) is 12.2 Å². The van der Waals surface area contributed by atoms with Gasteiger partial charge >= 0.3 is 6.03 Å². The highest BCUT2D eigenvalue weighted by atomic mass is 32.2. The highest BCUT2D eigenvalue weighted by Crippen LogP contribution is 2.20. The molecule has 130 valence electrons. The van der Waals surface area contributed by atoms with Gasteiger partial charge in [0.15, 0.2) is 0 Å². The molecule has 0 saturated heterocycles. The van der Waals surface area contributed by atoms with Crippen molar-refractivity contribution in [2.24, 2.45) is 7.05 Å². The molecule has 7 heteroatoms. The fraction of sp³-hybridized carbons (Fsp3) is 0.412. The van der Waals surface area contributed by atoms with E-state index in [0.29, 0.717) is 0 Å². The van der Waals surface area contributed by atoms with Crippen LogP contribution in [0.1, 0.15) is 18.5 Å². The number of amides is 2. The quantitative estimate of drug-likeness (QED) is 0.756. The van der Waals surface area contributed by atoms with Gasteiger partial charge in [0.25, 0.3) is 0 Å². The van der Waals surface area contributed by atoms with Crippen LogP contribution in [0.4, 0.5) is 10.5 Å². The first-order chi connectivity index (χ1) is 11.4. The zero-order valence-corrected chi connectivity index (χ0v) is 15.4. The van der Waals surface area contributed by atoms with Gasteiger partial charge in [0.2, 0.25) is 0 Å². The van der Waals surface area contributed by atoms with E-state index in [1.165, 1.54) is 4.90 Å². The van der Waals surface area contributed by atoms with E-state index in [-0.39, 0.29) is 12.1 Å². The number of rotatable bonds is 7. The molecule has 24 heavy (non-hydrogen) atoms. The Morgan fingerprint density at radius 2 is 2.04 bits per heavy atom. The summed E-state index contributed by atoms with van der Waals surface area (Å²) < 4.78 is 1.72. The van der Waals surface area contributed by atoms with E-state index in [0.717, 1.165) is 23.5 Å². The molecule has 1 aromatic heterocycles. The van der Waals surface area contributed by atoms with E-state index < -0.39 is 0 Å². The van der Waals surface area contributed by atoms with Gasteiger partial charge < -0.3 is 15.5 Å². The predicted octanol–water partition coefficient (Wildman–Crippen LogP) is 2.96. The van der Waals surface area contributed by atoms with Crippen molar-refractivity contribution in [2.45, 2.75) is 17.9 Å². The van der Waals surface area contributed by atoms with Crippen LogP contribution in [0.5, 0.6) is 0 Å². The first-order valence-corrected chi connectivity index (χ1v) is 8.86. The number of hydrogen-bond acceptors (Lipinski definition) is 4. The molecule has 0 spiro atoms. The second kappa shape index (κ2) is 8.75. The summed E-state index contributed by atoms with van der Waals surface area (Å²) in [5.74, 6) is 1.04. The molecule has 1 atom stereocenters. The molecule has 1 aromatic carbocycles. The molecule has 0 fully saturated rings. The molecule has 2 amide bonds. The van der Waals surface area contributed by atoms with Crippen LogP contribution in [0.25, 0.3) is 0 Å². The van der Waals surface area contributed by atoms with E-state index in [9.17, 15) is 4.79 Å². The number of carbonyl (C=O) groups is 1. The van der Waals surface area contributed by atoms with Crippen molar-refractivity contribution in [3.63, 3.8) is 0 Å². The molecule has 0 radical (unpaired) electrons. The number of nitrogens with zero attached hydrogens (tertiary/aromatic N) is 3. The molecule has 0 unspecified atom stereocenters. The van der Waals surface area contributed by atoms with Crippen LogP contribution in [-0.4, -0.2) is 47.1 Å². The smallest absolute Gasteiger partial charge is 0.319 e. The summed E-state index contributed by atoms with van der Waals surface area (Å²) in [7, 11) is 5.99. The zero-order valence-electron chi connectivity index (χ0n) is 14.6. The van der Waals surface area contributed by atoms with E-state index in [4.69, 9.17) is 0 Å². The largest absolute Gasteiger partial charge is 0.331 e. The number of hydrogen-bond donors (Lipinski definition) is 2. The third kappa shape index (κ3) is 5.90. The maximum Gasteiger partial charge on any atom is 0.319 e. The van der Waals surface area contributed by atoms with Crippen molar-refractivity contribution < 1.29 is 4.79 Å². The van der Waals surface area contributed by atoms with E-state index in [1.807, 2.05) is 56.2 Å². The molecule has 0 aliphatic carbocycles. The average Bonchev–Trinajstić information content (AvgIpc) is 2.95. The molecular weight excluding hydrogens is 322 g/mol. The fourth-order valence-electron chi connectivity index (χ4n) is 2.09. The maximum absolute atomic E-state index is 12.1. The first-order valence-electron chi connectivity index (χ1n) is 7.87. The molecule has 2 rings (SSSR count). The monoisotopic (exact) mass is 347 g/mol. The van der Waals surface area contributed by atoms with Gasteiger partial charge in [-0.25, -0.2) is 4.79 Å². The Labute approximate surface area is 147 Å². The summed E-state index contributed by atoms with van der Waals surface area (Å²) in [5.41, 5.74) is 1.75. The summed E-state index contributed by atoms with van der Waals surface area (Å²) in [6, 6.07) is 7.58. The molecule has 0 saturated carbocycles. The number of urea groups is 1. The summed E-state index contributed by atoms with van der Waals surface area (Å²) in [4.78, 5) is 15.4. The minimum absolute atomic E-state index is 0.0976. The number of anilines is 1. The first kappa shape index (κ1) is 18.4. The third-order valence-corrected chi connectivity index (χ3v) is 4.48. The minimum atomic E-state index is -0.223. The minimum Gasteiger partial charge on any atom is -0.331 e. The molecule has 2 aromatic rings. The number of thioether (sulfide) groups is 1. The van der Waals surface area contributed by atoms with Crippen LogP contribution in [0, 0.1) is 0 Å². The molecule has 0 aliphatic rings. The Morgan fingerprint density at radius 1 is 1.33 bits per heavy atom. The lowest BCUT2D eigenvalue weighted by atomic mass is 10.2. The van der Waals surface area contributed by atoms with E-state index in [1.54, 1.807) is 10.9 Å². The van der Waals surface area contributed by atoms with Crippen molar-refractivity contribution in [2.75, 3.05) is 31.7 Å². The number of benzene rings is 1. The number of aromatic nitrogens is 2. The van der Waals surface area contributed by atoms with Crippen molar-refractivity contribution in [1.29, 1.82) is 0 Å². The normalized spacial score (nSPS) is 12.2. The summed E-state index contributed by atoms with van der Waals surface area (Å²) in [5, 5.41) is 9.87. The Morgan fingerprint density at radius 3 is 2.62 bits per heavy atom. The van der Waals surface area contributed by atoms with Crippen LogP contribution in [0.15, 0.2) is 41.6 Å². The lowest BCUT2D eigenvalue weighted by Gasteiger charge is -2.13. The van der Waals surface area contributed by atoms with Gasteiger partial charge in [-0.3, -0.25) is 4.68 Å². The average molecular weight is 347 g/mol. The summed E-state index contributed by atoms with van der Waals surface area (Å²) >= 11 is 1.81. The Bertz CT molecular complexity index is 653. The number of carbonyl (C=O) groups excluding carboxylic acids is 1. The van der Waals surface area contributed by atoms with Crippen molar-refractivity contribution >= 4 is 23.5 Å². The van der Waals surface area contributed by atoms with Gasteiger partial charge in [0, 0.05) is 41.7 Å². The van der Waals surface area contributed by atoms with Gasteiger partial charge in [0.1, 0.15) is 0 Å². The SMILES string of the molecule is C[C@H](NC(=O)Nc1ccc(SCCN(C)C)cc1)c1cnn(C)c1. The second-order valence-electron chi connectivity index (χ2n) is 5.94.